The fourth-order valence-corrected chi connectivity index (χ4v) is 2.76. The van der Waals surface area contributed by atoms with Crippen LogP contribution in [0.1, 0.15) is 15.9 Å². The molecular weight excluding hydrogens is 434 g/mol. The molecule has 2 N–H and O–H groups in total. The molecule has 0 aliphatic heterocycles. The first-order valence-corrected chi connectivity index (χ1v) is 9.58. The highest BCUT2D eigenvalue weighted by atomic mass is 79.9. The van der Waals surface area contributed by atoms with E-state index in [2.05, 4.69) is 31.8 Å². The summed E-state index contributed by atoms with van der Waals surface area (Å²) in [4.78, 5) is 23.9. The molecule has 0 bridgehead atoms. The smallest absolute Gasteiger partial charge is 0.343 e. The van der Waals surface area contributed by atoms with E-state index in [0.717, 1.165) is 15.7 Å². The number of anilines is 1. The Morgan fingerprint density at radius 3 is 2.45 bits per heavy atom. The molecule has 0 heterocycles. The topological polar surface area (TPSA) is 79.8 Å². The van der Waals surface area contributed by atoms with Crippen molar-refractivity contribution < 1.29 is 14.3 Å². The Labute approximate surface area is 176 Å². The Morgan fingerprint density at radius 1 is 0.966 bits per heavy atom. The molecule has 0 saturated heterocycles. The van der Waals surface area contributed by atoms with Gasteiger partial charge in [-0.05, 0) is 60.2 Å². The second-order valence-electron chi connectivity index (χ2n) is 5.98. The minimum absolute atomic E-state index is 0.117. The Bertz CT molecular complexity index is 1010. The Morgan fingerprint density at radius 2 is 1.72 bits per heavy atom. The van der Waals surface area contributed by atoms with Crippen LogP contribution in [0.3, 0.4) is 0 Å². The molecule has 0 aliphatic carbocycles. The van der Waals surface area contributed by atoms with Crippen molar-refractivity contribution in [3.8, 4) is 5.75 Å². The van der Waals surface area contributed by atoms with E-state index in [0.29, 0.717) is 11.3 Å². The molecule has 3 aromatic rings. The molecule has 0 unspecified atom stereocenters. The zero-order valence-corrected chi connectivity index (χ0v) is 16.9. The van der Waals surface area contributed by atoms with Gasteiger partial charge in [-0.2, -0.15) is 5.10 Å². The number of nitrogens with zero attached hydrogens (tertiary/aromatic N) is 1. The van der Waals surface area contributed by atoms with Gasteiger partial charge in [-0.3, -0.25) is 4.79 Å². The van der Waals surface area contributed by atoms with Crippen LogP contribution in [0.5, 0.6) is 5.75 Å². The van der Waals surface area contributed by atoms with E-state index in [1.54, 1.807) is 42.5 Å². The molecule has 0 saturated carbocycles. The molecule has 0 aliphatic rings. The number of benzene rings is 3. The van der Waals surface area contributed by atoms with Gasteiger partial charge in [-0.15, -0.1) is 0 Å². The Balaban J connectivity index is 1.47. The molecule has 1 amide bonds. The van der Waals surface area contributed by atoms with E-state index in [1.807, 2.05) is 36.4 Å². The van der Waals surface area contributed by atoms with Crippen molar-refractivity contribution in [2.24, 2.45) is 5.10 Å². The van der Waals surface area contributed by atoms with E-state index < -0.39 is 5.97 Å². The van der Waals surface area contributed by atoms with Gasteiger partial charge in [0.1, 0.15) is 5.75 Å². The van der Waals surface area contributed by atoms with Crippen LogP contribution in [0.25, 0.3) is 0 Å². The lowest BCUT2D eigenvalue weighted by atomic mass is 10.2. The fourth-order valence-electron chi connectivity index (χ4n) is 2.36. The van der Waals surface area contributed by atoms with E-state index in [4.69, 9.17) is 4.74 Å². The van der Waals surface area contributed by atoms with E-state index in [-0.39, 0.29) is 12.5 Å². The van der Waals surface area contributed by atoms with Gasteiger partial charge in [-0.25, -0.2) is 10.2 Å². The highest BCUT2D eigenvalue weighted by Crippen LogP contribution is 2.16. The average molecular weight is 452 g/mol. The van der Waals surface area contributed by atoms with Crippen LogP contribution in [-0.2, 0) is 4.79 Å². The van der Waals surface area contributed by atoms with Gasteiger partial charge in [-0.1, -0.05) is 40.2 Å². The summed E-state index contributed by atoms with van der Waals surface area (Å²) < 4.78 is 6.15. The molecule has 3 rings (SSSR count). The number of carbonyl (C=O) groups is 2. The van der Waals surface area contributed by atoms with Crippen molar-refractivity contribution in [2.75, 3.05) is 11.9 Å². The molecule has 6 nitrogen and oxygen atoms in total. The molecule has 146 valence electrons. The molecule has 0 radical (unpaired) electrons. The van der Waals surface area contributed by atoms with Gasteiger partial charge in [0, 0.05) is 10.2 Å². The maximum atomic E-state index is 12.1. The van der Waals surface area contributed by atoms with Crippen LogP contribution in [0.2, 0.25) is 0 Å². The van der Waals surface area contributed by atoms with Crippen LogP contribution in [0.4, 0.5) is 5.69 Å². The number of rotatable bonds is 7. The zero-order valence-electron chi connectivity index (χ0n) is 15.3. The third-order valence-corrected chi connectivity index (χ3v) is 4.27. The summed E-state index contributed by atoms with van der Waals surface area (Å²) in [6, 6.07) is 23.2. The van der Waals surface area contributed by atoms with Gasteiger partial charge in [0.05, 0.1) is 18.3 Å². The van der Waals surface area contributed by atoms with Crippen molar-refractivity contribution in [3.63, 3.8) is 0 Å². The quantitative estimate of drug-likeness (QED) is 0.243. The van der Waals surface area contributed by atoms with E-state index in [9.17, 15) is 9.59 Å². The van der Waals surface area contributed by atoms with Crippen LogP contribution in [0.15, 0.2) is 88.4 Å². The number of para-hydroxylation sites is 1. The number of ether oxygens (including phenoxy) is 1. The summed E-state index contributed by atoms with van der Waals surface area (Å²) in [6.45, 7) is 0.117. The first kappa shape index (κ1) is 20.3. The van der Waals surface area contributed by atoms with Crippen molar-refractivity contribution >= 4 is 39.7 Å². The monoisotopic (exact) mass is 451 g/mol. The van der Waals surface area contributed by atoms with Crippen LogP contribution in [-0.4, -0.2) is 24.6 Å². The summed E-state index contributed by atoms with van der Waals surface area (Å²) in [6.07, 6.45) is 1.51. The molecule has 0 fully saturated rings. The summed E-state index contributed by atoms with van der Waals surface area (Å²) >= 11 is 3.32. The van der Waals surface area contributed by atoms with E-state index in [1.165, 1.54) is 6.21 Å². The minimum atomic E-state index is -0.439. The summed E-state index contributed by atoms with van der Waals surface area (Å²) in [7, 11) is 0. The van der Waals surface area contributed by atoms with Crippen molar-refractivity contribution in [1.82, 2.24) is 5.43 Å². The predicted molar refractivity (Wildman–Crippen MR) is 116 cm³/mol. The number of esters is 1. The number of nitrogens with one attached hydrogen (secondary N) is 2. The second-order valence-corrected chi connectivity index (χ2v) is 6.90. The standard InChI is InChI=1S/C22H18BrN3O3/c23-18-6-4-5-17(13-18)22(28)29-20-11-9-16(10-12-20)14-25-26-21(27)15-24-19-7-2-1-3-8-19/h1-14,24H,15H2,(H,26,27)/b25-14+. The third-order valence-electron chi connectivity index (χ3n) is 3.78. The lowest BCUT2D eigenvalue weighted by Crippen LogP contribution is -2.25. The largest absolute Gasteiger partial charge is 0.423 e. The van der Waals surface area contributed by atoms with Crippen LogP contribution >= 0.6 is 15.9 Å². The highest BCUT2D eigenvalue weighted by Gasteiger charge is 2.08. The normalized spacial score (nSPS) is 10.5. The van der Waals surface area contributed by atoms with Crippen molar-refractivity contribution in [2.45, 2.75) is 0 Å². The lowest BCUT2D eigenvalue weighted by Gasteiger charge is -2.05. The summed E-state index contributed by atoms with van der Waals surface area (Å²) in [5.41, 5.74) is 4.52. The predicted octanol–water partition coefficient (Wildman–Crippen LogP) is 4.23. The van der Waals surface area contributed by atoms with E-state index >= 15 is 0 Å². The highest BCUT2D eigenvalue weighted by molar-refractivity contribution is 9.10. The van der Waals surface area contributed by atoms with Gasteiger partial charge >= 0.3 is 5.97 Å². The average Bonchev–Trinajstić information content (AvgIpc) is 2.74. The maximum Gasteiger partial charge on any atom is 0.343 e. The molecule has 7 heteroatoms. The molecule has 29 heavy (non-hydrogen) atoms. The Hall–Kier alpha value is -3.45. The number of carbonyl (C=O) groups excluding carboxylic acids is 2. The van der Waals surface area contributed by atoms with Crippen molar-refractivity contribution in [1.29, 1.82) is 0 Å². The minimum Gasteiger partial charge on any atom is -0.423 e. The molecule has 3 aromatic carbocycles. The number of hydrogen-bond donors (Lipinski definition) is 2. The first-order valence-electron chi connectivity index (χ1n) is 8.79. The number of amides is 1. The summed E-state index contributed by atoms with van der Waals surface area (Å²) in [5, 5.41) is 6.92. The second kappa shape index (κ2) is 10.2. The summed E-state index contributed by atoms with van der Waals surface area (Å²) in [5.74, 6) is -0.279. The number of hydrogen-bond acceptors (Lipinski definition) is 5. The number of hydrazone groups is 1. The van der Waals surface area contributed by atoms with Crippen LogP contribution < -0.4 is 15.5 Å². The first-order chi connectivity index (χ1) is 14.1. The third kappa shape index (κ3) is 6.58. The number of halogens is 1. The fraction of sp³-hybridized carbons (Fsp3) is 0.0455. The maximum absolute atomic E-state index is 12.1. The van der Waals surface area contributed by atoms with Gasteiger partial charge < -0.3 is 10.1 Å². The van der Waals surface area contributed by atoms with Crippen molar-refractivity contribution in [3.05, 3.63) is 94.5 Å². The van der Waals surface area contributed by atoms with Crippen LogP contribution in [0, 0.1) is 0 Å². The van der Waals surface area contributed by atoms with Gasteiger partial charge in [0.2, 0.25) is 0 Å². The molecule has 0 atom stereocenters. The molecule has 0 aromatic heterocycles. The van der Waals surface area contributed by atoms with Gasteiger partial charge in [0.25, 0.3) is 5.91 Å². The SMILES string of the molecule is O=C(CNc1ccccc1)N/N=C/c1ccc(OC(=O)c2cccc(Br)c2)cc1. The molecular formula is C22H18BrN3O3. The zero-order chi connectivity index (χ0) is 20.5. The lowest BCUT2D eigenvalue weighted by molar-refractivity contribution is -0.119. The molecule has 0 spiro atoms. The Kier molecular flexibility index (Phi) is 7.13. The van der Waals surface area contributed by atoms with Gasteiger partial charge in [0.15, 0.2) is 0 Å².